The second-order valence-corrected chi connectivity index (χ2v) is 3.12. The van der Waals surface area contributed by atoms with Crippen molar-refractivity contribution in [3.8, 4) is 5.75 Å². The van der Waals surface area contributed by atoms with Crippen molar-refractivity contribution in [1.29, 1.82) is 0 Å². The van der Waals surface area contributed by atoms with Crippen LogP contribution < -0.4 is 0 Å². The molecule has 0 fully saturated rings. The summed E-state index contributed by atoms with van der Waals surface area (Å²) in [6, 6.07) is 0. The Balaban J connectivity index is 3.39. The van der Waals surface area contributed by atoms with Crippen LogP contribution in [0.4, 0.5) is 14.6 Å². The van der Waals surface area contributed by atoms with Gasteiger partial charge in [0.1, 0.15) is 6.20 Å². The molecule has 0 radical (unpaired) electrons. The quantitative estimate of drug-likeness (QED) is 0.525. The predicted molar refractivity (Wildman–Crippen MR) is 50.1 cm³/mol. The van der Waals surface area contributed by atoms with Gasteiger partial charge in [0.05, 0.1) is 5.56 Å². The molecule has 1 aromatic heterocycles. The number of hydrogen-bond donors (Lipinski definition) is 1. The fraction of sp³-hybridized carbons (Fsp3) is 0.286. The molecule has 0 amide bonds. The topological polar surface area (TPSA) is 76.3 Å². The van der Waals surface area contributed by atoms with Gasteiger partial charge in [-0.1, -0.05) is 15.9 Å². The van der Waals surface area contributed by atoms with Crippen molar-refractivity contribution in [2.45, 2.75) is 11.8 Å². The standard InChI is InChI=1S/C7H5BrF2N2O3/c8-1-3-4(6(9)10)2-11-7(5(3)13)12(14)15/h2,6,13H,1H2. The van der Waals surface area contributed by atoms with Gasteiger partial charge in [-0.2, -0.15) is 0 Å². The zero-order valence-electron chi connectivity index (χ0n) is 7.15. The summed E-state index contributed by atoms with van der Waals surface area (Å²) in [5.74, 6) is -1.65. The molecule has 0 spiro atoms. The van der Waals surface area contributed by atoms with Crippen LogP contribution in [0, 0.1) is 10.1 Å². The molecule has 0 aliphatic heterocycles. The number of aromatic nitrogens is 1. The van der Waals surface area contributed by atoms with E-state index in [2.05, 4.69) is 20.9 Å². The lowest BCUT2D eigenvalue weighted by Crippen LogP contribution is -2.00. The first kappa shape index (κ1) is 11.8. The minimum Gasteiger partial charge on any atom is -0.501 e. The molecule has 0 bridgehead atoms. The molecule has 15 heavy (non-hydrogen) atoms. The Hall–Kier alpha value is -1.31. The highest BCUT2D eigenvalue weighted by atomic mass is 79.9. The van der Waals surface area contributed by atoms with E-state index in [9.17, 15) is 24.0 Å². The molecule has 1 N–H and O–H groups in total. The number of pyridine rings is 1. The molecular formula is C7H5BrF2N2O3. The van der Waals surface area contributed by atoms with E-state index in [-0.39, 0.29) is 10.9 Å². The molecule has 0 atom stereocenters. The van der Waals surface area contributed by atoms with Crippen molar-refractivity contribution in [1.82, 2.24) is 4.98 Å². The van der Waals surface area contributed by atoms with Crippen LogP contribution in [0.25, 0.3) is 0 Å². The molecule has 1 heterocycles. The third-order valence-corrected chi connectivity index (χ3v) is 2.27. The van der Waals surface area contributed by atoms with Crippen molar-refractivity contribution >= 4 is 21.7 Å². The summed E-state index contributed by atoms with van der Waals surface area (Å²) >= 11 is 2.87. The third kappa shape index (κ3) is 2.20. The van der Waals surface area contributed by atoms with E-state index in [1.165, 1.54) is 0 Å². The van der Waals surface area contributed by atoms with Gasteiger partial charge in [0.2, 0.25) is 5.75 Å². The van der Waals surface area contributed by atoms with Crippen LogP contribution >= 0.6 is 15.9 Å². The number of aromatic hydroxyl groups is 1. The van der Waals surface area contributed by atoms with Gasteiger partial charge >= 0.3 is 5.82 Å². The Morgan fingerprint density at radius 3 is 2.67 bits per heavy atom. The monoisotopic (exact) mass is 282 g/mol. The average molecular weight is 283 g/mol. The summed E-state index contributed by atoms with van der Waals surface area (Å²) in [4.78, 5) is 12.6. The Bertz CT molecular complexity index is 400. The number of halogens is 3. The van der Waals surface area contributed by atoms with E-state index in [1.54, 1.807) is 0 Å². The molecular weight excluding hydrogens is 278 g/mol. The SMILES string of the molecule is O=[N+]([O-])c1ncc(C(F)F)c(CBr)c1O. The molecule has 5 nitrogen and oxygen atoms in total. The van der Waals surface area contributed by atoms with Gasteiger partial charge in [-0.15, -0.1) is 0 Å². The van der Waals surface area contributed by atoms with Crippen molar-refractivity contribution < 1.29 is 18.8 Å². The molecule has 82 valence electrons. The van der Waals surface area contributed by atoms with Crippen LogP contribution in [0.1, 0.15) is 17.6 Å². The highest BCUT2D eigenvalue weighted by Crippen LogP contribution is 2.35. The van der Waals surface area contributed by atoms with Gasteiger partial charge in [0, 0.05) is 10.9 Å². The average Bonchev–Trinajstić information content (AvgIpc) is 2.16. The fourth-order valence-corrected chi connectivity index (χ4v) is 1.59. The molecule has 1 rings (SSSR count). The van der Waals surface area contributed by atoms with Crippen LogP contribution in [0.2, 0.25) is 0 Å². The van der Waals surface area contributed by atoms with Crippen molar-refractivity contribution in [3.63, 3.8) is 0 Å². The van der Waals surface area contributed by atoms with Crippen molar-refractivity contribution in [3.05, 3.63) is 27.4 Å². The Kier molecular flexibility index (Phi) is 3.51. The maximum Gasteiger partial charge on any atom is 0.406 e. The first-order chi connectivity index (χ1) is 6.99. The summed E-state index contributed by atoms with van der Waals surface area (Å²) in [7, 11) is 0. The summed E-state index contributed by atoms with van der Waals surface area (Å²) in [6.45, 7) is 0. The first-order valence-corrected chi connectivity index (χ1v) is 4.80. The molecule has 0 saturated carbocycles. The second kappa shape index (κ2) is 4.47. The zero-order chi connectivity index (χ0) is 11.6. The van der Waals surface area contributed by atoms with Gasteiger partial charge in [-0.25, -0.2) is 8.78 Å². The van der Waals surface area contributed by atoms with Gasteiger partial charge in [0.15, 0.2) is 0 Å². The molecule has 0 unspecified atom stereocenters. The molecule has 8 heteroatoms. The van der Waals surface area contributed by atoms with Gasteiger partial charge < -0.3 is 15.2 Å². The largest absolute Gasteiger partial charge is 0.501 e. The number of hydrogen-bond acceptors (Lipinski definition) is 4. The first-order valence-electron chi connectivity index (χ1n) is 3.68. The Morgan fingerprint density at radius 1 is 1.67 bits per heavy atom. The molecule has 0 aliphatic rings. The number of nitrogens with zero attached hydrogens (tertiary/aromatic N) is 2. The maximum atomic E-state index is 12.4. The number of nitro groups is 1. The van der Waals surface area contributed by atoms with Crippen LogP contribution in [-0.4, -0.2) is 15.0 Å². The van der Waals surface area contributed by atoms with Gasteiger partial charge in [-0.3, -0.25) is 0 Å². The van der Waals surface area contributed by atoms with E-state index >= 15 is 0 Å². The Labute approximate surface area is 91.0 Å². The maximum absolute atomic E-state index is 12.4. The van der Waals surface area contributed by atoms with Crippen LogP contribution in [0.5, 0.6) is 5.75 Å². The van der Waals surface area contributed by atoms with E-state index < -0.39 is 28.5 Å². The lowest BCUT2D eigenvalue weighted by atomic mass is 10.1. The lowest BCUT2D eigenvalue weighted by Gasteiger charge is -2.06. The van der Waals surface area contributed by atoms with Crippen LogP contribution in [-0.2, 0) is 5.33 Å². The third-order valence-electron chi connectivity index (χ3n) is 1.71. The zero-order valence-corrected chi connectivity index (χ0v) is 8.74. The molecule has 1 aromatic rings. The highest BCUT2D eigenvalue weighted by Gasteiger charge is 2.25. The van der Waals surface area contributed by atoms with Gasteiger partial charge in [-0.05, 0) is 9.91 Å². The van der Waals surface area contributed by atoms with E-state index in [0.717, 1.165) is 0 Å². The smallest absolute Gasteiger partial charge is 0.406 e. The second-order valence-electron chi connectivity index (χ2n) is 2.56. The summed E-state index contributed by atoms with van der Waals surface area (Å²) < 4.78 is 24.8. The lowest BCUT2D eigenvalue weighted by molar-refractivity contribution is -0.390. The normalized spacial score (nSPS) is 10.7. The minimum atomic E-state index is -2.84. The summed E-state index contributed by atoms with van der Waals surface area (Å²) in [6.07, 6.45) is -2.14. The molecule has 0 saturated heterocycles. The van der Waals surface area contributed by atoms with Crippen LogP contribution in [0.3, 0.4) is 0 Å². The molecule has 0 aromatic carbocycles. The summed E-state index contributed by atoms with van der Waals surface area (Å²) in [5.41, 5.74) is -0.735. The predicted octanol–water partition coefficient (Wildman–Crippen LogP) is 2.53. The number of rotatable bonds is 3. The minimum absolute atomic E-state index is 0.109. The van der Waals surface area contributed by atoms with Crippen LogP contribution in [0.15, 0.2) is 6.20 Å². The van der Waals surface area contributed by atoms with E-state index in [1.807, 2.05) is 0 Å². The van der Waals surface area contributed by atoms with Crippen molar-refractivity contribution in [2.75, 3.05) is 0 Å². The van der Waals surface area contributed by atoms with Gasteiger partial charge in [0.25, 0.3) is 6.43 Å². The molecule has 0 aliphatic carbocycles. The van der Waals surface area contributed by atoms with E-state index in [4.69, 9.17) is 0 Å². The fourth-order valence-electron chi connectivity index (χ4n) is 1.00. The highest BCUT2D eigenvalue weighted by molar-refractivity contribution is 9.08. The van der Waals surface area contributed by atoms with Crippen molar-refractivity contribution in [2.24, 2.45) is 0 Å². The Morgan fingerprint density at radius 2 is 2.27 bits per heavy atom. The summed E-state index contributed by atoms with van der Waals surface area (Å²) in [5, 5.41) is 19.6. The number of alkyl halides is 3. The van der Waals surface area contributed by atoms with E-state index in [0.29, 0.717) is 6.20 Å².